The highest BCUT2D eigenvalue weighted by atomic mass is 16.5. The molecule has 0 aliphatic carbocycles. The number of hydrogen-bond acceptors (Lipinski definition) is 3. The van der Waals surface area contributed by atoms with Crippen LogP contribution in [-0.4, -0.2) is 24.7 Å². The summed E-state index contributed by atoms with van der Waals surface area (Å²) < 4.78 is 5.30. The molecule has 4 heteroatoms. The normalized spacial score (nSPS) is 34.0. The Morgan fingerprint density at radius 3 is 2.77 bits per heavy atom. The minimum Gasteiger partial charge on any atom is -0.379 e. The van der Waals surface area contributed by atoms with Crippen LogP contribution in [0, 0.1) is 11.8 Å². The molecule has 1 aliphatic heterocycles. The second-order valence-electron chi connectivity index (χ2n) is 4.24. The SMILES string of the molecule is CC(C)C1COCC1(N)CC(N)=O. The third kappa shape index (κ3) is 2.19. The molecule has 4 N–H and O–H groups in total. The third-order valence-electron chi connectivity index (χ3n) is 2.71. The van der Waals surface area contributed by atoms with Gasteiger partial charge in [-0.25, -0.2) is 0 Å². The number of amides is 1. The van der Waals surface area contributed by atoms with E-state index in [1.807, 2.05) is 0 Å². The maximum absolute atomic E-state index is 10.8. The molecule has 0 aromatic rings. The van der Waals surface area contributed by atoms with E-state index in [9.17, 15) is 4.79 Å². The Bertz CT molecular complexity index is 206. The zero-order chi connectivity index (χ0) is 10.1. The van der Waals surface area contributed by atoms with Gasteiger partial charge in [0.15, 0.2) is 0 Å². The van der Waals surface area contributed by atoms with Gasteiger partial charge < -0.3 is 16.2 Å². The van der Waals surface area contributed by atoms with Gasteiger partial charge in [0.1, 0.15) is 0 Å². The van der Waals surface area contributed by atoms with E-state index in [1.54, 1.807) is 0 Å². The molecule has 0 aromatic carbocycles. The molecule has 2 atom stereocenters. The van der Waals surface area contributed by atoms with Gasteiger partial charge in [-0.05, 0) is 5.92 Å². The average Bonchev–Trinajstić information content (AvgIpc) is 2.28. The fourth-order valence-electron chi connectivity index (χ4n) is 2.01. The van der Waals surface area contributed by atoms with Crippen molar-refractivity contribution in [1.29, 1.82) is 0 Å². The van der Waals surface area contributed by atoms with Crippen LogP contribution in [-0.2, 0) is 9.53 Å². The van der Waals surface area contributed by atoms with Crippen molar-refractivity contribution in [3.63, 3.8) is 0 Å². The summed E-state index contributed by atoms with van der Waals surface area (Å²) in [5.41, 5.74) is 10.7. The molecule has 0 spiro atoms. The molecule has 2 unspecified atom stereocenters. The van der Waals surface area contributed by atoms with Crippen LogP contribution in [0.15, 0.2) is 0 Å². The lowest BCUT2D eigenvalue weighted by Crippen LogP contribution is -2.51. The van der Waals surface area contributed by atoms with E-state index in [-0.39, 0.29) is 18.2 Å². The predicted molar refractivity (Wildman–Crippen MR) is 49.9 cm³/mol. The van der Waals surface area contributed by atoms with Crippen molar-refractivity contribution in [2.24, 2.45) is 23.3 Å². The Balaban J connectivity index is 2.69. The summed E-state index contributed by atoms with van der Waals surface area (Å²) >= 11 is 0. The number of rotatable bonds is 3. The number of primary amides is 1. The van der Waals surface area contributed by atoms with E-state index >= 15 is 0 Å². The molecule has 1 rings (SSSR count). The van der Waals surface area contributed by atoms with E-state index in [4.69, 9.17) is 16.2 Å². The Hall–Kier alpha value is -0.610. The van der Waals surface area contributed by atoms with Gasteiger partial charge in [0.25, 0.3) is 0 Å². The average molecular weight is 186 g/mol. The first-order chi connectivity index (χ1) is 5.96. The Morgan fingerprint density at radius 2 is 2.31 bits per heavy atom. The third-order valence-corrected chi connectivity index (χ3v) is 2.71. The van der Waals surface area contributed by atoms with E-state index in [0.29, 0.717) is 19.1 Å². The number of nitrogens with two attached hydrogens (primary N) is 2. The molecule has 0 aromatic heterocycles. The van der Waals surface area contributed by atoms with Crippen LogP contribution >= 0.6 is 0 Å². The zero-order valence-corrected chi connectivity index (χ0v) is 8.25. The van der Waals surface area contributed by atoms with E-state index in [0.717, 1.165) is 0 Å². The first-order valence-corrected chi connectivity index (χ1v) is 4.60. The molecule has 13 heavy (non-hydrogen) atoms. The van der Waals surface area contributed by atoms with Crippen LogP contribution in [0.3, 0.4) is 0 Å². The van der Waals surface area contributed by atoms with Crippen molar-refractivity contribution in [2.75, 3.05) is 13.2 Å². The molecule has 1 amide bonds. The molecule has 76 valence electrons. The summed E-state index contributed by atoms with van der Waals surface area (Å²) in [6, 6.07) is 0. The van der Waals surface area contributed by atoms with Crippen molar-refractivity contribution in [3.05, 3.63) is 0 Å². The zero-order valence-electron chi connectivity index (χ0n) is 8.25. The second-order valence-corrected chi connectivity index (χ2v) is 4.24. The lowest BCUT2D eigenvalue weighted by molar-refractivity contribution is -0.119. The summed E-state index contributed by atoms with van der Waals surface area (Å²) in [5.74, 6) is 0.311. The van der Waals surface area contributed by atoms with Gasteiger partial charge in [0, 0.05) is 12.3 Å². The molecule has 1 aliphatic rings. The van der Waals surface area contributed by atoms with E-state index in [1.165, 1.54) is 0 Å². The summed E-state index contributed by atoms with van der Waals surface area (Å²) in [5, 5.41) is 0. The summed E-state index contributed by atoms with van der Waals surface area (Å²) in [6.45, 7) is 5.25. The fraction of sp³-hybridized carbons (Fsp3) is 0.889. The highest BCUT2D eigenvalue weighted by molar-refractivity contribution is 5.75. The van der Waals surface area contributed by atoms with Gasteiger partial charge in [0.2, 0.25) is 5.91 Å². The lowest BCUT2D eigenvalue weighted by atomic mass is 9.78. The van der Waals surface area contributed by atoms with Crippen molar-refractivity contribution in [1.82, 2.24) is 0 Å². The highest BCUT2D eigenvalue weighted by Gasteiger charge is 2.43. The molecule has 0 saturated carbocycles. The van der Waals surface area contributed by atoms with Gasteiger partial charge in [-0.1, -0.05) is 13.8 Å². The number of hydrogen-bond donors (Lipinski definition) is 2. The molecular formula is C9H18N2O2. The first kappa shape index (κ1) is 10.5. The van der Waals surface area contributed by atoms with Crippen LogP contribution in [0.4, 0.5) is 0 Å². The maximum atomic E-state index is 10.8. The van der Waals surface area contributed by atoms with Gasteiger partial charge in [-0.15, -0.1) is 0 Å². The van der Waals surface area contributed by atoms with Crippen LogP contribution in [0.1, 0.15) is 20.3 Å². The number of ether oxygens (including phenoxy) is 1. The van der Waals surface area contributed by atoms with Gasteiger partial charge in [-0.3, -0.25) is 4.79 Å². The number of carbonyl (C=O) groups excluding carboxylic acids is 1. The number of carbonyl (C=O) groups is 1. The molecule has 0 bridgehead atoms. The summed E-state index contributed by atoms with van der Waals surface area (Å²) in [4.78, 5) is 10.8. The van der Waals surface area contributed by atoms with Gasteiger partial charge >= 0.3 is 0 Å². The monoisotopic (exact) mass is 186 g/mol. The quantitative estimate of drug-likeness (QED) is 0.644. The van der Waals surface area contributed by atoms with Crippen LogP contribution < -0.4 is 11.5 Å². The van der Waals surface area contributed by atoms with Crippen LogP contribution in [0.25, 0.3) is 0 Å². The van der Waals surface area contributed by atoms with Gasteiger partial charge in [-0.2, -0.15) is 0 Å². The second kappa shape index (κ2) is 3.64. The Labute approximate surface area is 78.6 Å². The van der Waals surface area contributed by atoms with Crippen molar-refractivity contribution in [3.8, 4) is 0 Å². The Kier molecular flexibility index (Phi) is 2.93. The topological polar surface area (TPSA) is 78.3 Å². The molecule has 1 heterocycles. The predicted octanol–water partition coefficient (Wildman–Crippen LogP) is -0.138. The van der Waals surface area contributed by atoms with E-state index < -0.39 is 5.54 Å². The molecule has 4 nitrogen and oxygen atoms in total. The highest BCUT2D eigenvalue weighted by Crippen LogP contribution is 2.31. The summed E-state index contributed by atoms with van der Waals surface area (Å²) in [7, 11) is 0. The molecule has 1 saturated heterocycles. The molecule has 1 fully saturated rings. The van der Waals surface area contributed by atoms with Crippen molar-refractivity contribution < 1.29 is 9.53 Å². The fourth-order valence-corrected chi connectivity index (χ4v) is 2.01. The molecule has 0 radical (unpaired) electrons. The lowest BCUT2D eigenvalue weighted by Gasteiger charge is -2.30. The smallest absolute Gasteiger partial charge is 0.219 e. The largest absolute Gasteiger partial charge is 0.379 e. The maximum Gasteiger partial charge on any atom is 0.219 e. The van der Waals surface area contributed by atoms with Crippen molar-refractivity contribution in [2.45, 2.75) is 25.8 Å². The van der Waals surface area contributed by atoms with Crippen LogP contribution in [0.2, 0.25) is 0 Å². The molecular weight excluding hydrogens is 168 g/mol. The minimum absolute atomic E-state index is 0.218. The standard InChI is InChI=1S/C9H18N2O2/c1-6(2)7-4-13-5-9(7,11)3-8(10)12/h6-7H,3-5,11H2,1-2H3,(H2,10,12). The Morgan fingerprint density at radius 1 is 1.69 bits per heavy atom. The first-order valence-electron chi connectivity index (χ1n) is 4.60. The minimum atomic E-state index is -0.542. The van der Waals surface area contributed by atoms with Crippen LogP contribution in [0.5, 0.6) is 0 Å². The summed E-state index contributed by atoms with van der Waals surface area (Å²) in [6.07, 6.45) is 0.218. The van der Waals surface area contributed by atoms with Gasteiger partial charge in [0.05, 0.1) is 18.8 Å². The van der Waals surface area contributed by atoms with Crippen molar-refractivity contribution >= 4 is 5.91 Å². The van der Waals surface area contributed by atoms with E-state index in [2.05, 4.69) is 13.8 Å².